The lowest BCUT2D eigenvalue weighted by molar-refractivity contribution is 0.257. The molecule has 2 N–H and O–H groups in total. The predicted octanol–water partition coefficient (Wildman–Crippen LogP) is 0.725. The first-order valence-corrected chi connectivity index (χ1v) is 7.83. The minimum absolute atomic E-state index is 0.0337. The molecule has 1 aliphatic rings. The first kappa shape index (κ1) is 13.5. The minimum atomic E-state index is -3.27. The van der Waals surface area contributed by atoms with Crippen molar-refractivity contribution in [2.45, 2.75) is 31.1 Å². The number of pyridine rings is 1. The Kier molecular flexibility index (Phi) is 4.31. The van der Waals surface area contributed by atoms with Crippen LogP contribution in [0.1, 0.15) is 24.8 Å². The molecule has 1 saturated heterocycles. The van der Waals surface area contributed by atoms with Crippen LogP contribution < -0.4 is 5.73 Å². The summed E-state index contributed by atoms with van der Waals surface area (Å²) in [5.41, 5.74) is 6.44. The molecule has 1 fully saturated rings. The van der Waals surface area contributed by atoms with Crippen molar-refractivity contribution in [2.24, 2.45) is 5.73 Å². The van der Waals surface area contributed by atoms with E-state index in [2.05, 4.69) is 4.98 Å². The van der Waals surface area contributed by atoms with Gasteiger partial charge in [0.1, 0.15) is 0 Å². The van der Waals surface area contributed by atoms with E-state index in [0.717, 1.165) is 24.8 Å². The molecular formula is C12H19N3O2S. The van der Waals surface area contributed by atoms with Crippen LogP contribution in [-0.2, 0) is 15.8 Å². The fourth-order valence-corrected chi connectivity index (χ4v) is 4.18. The fourth-order valence-electron chi connectivity index (χ4n) is 2.35. The summed E-state index contributed by atoms with van der Waals surface area (Å²) in [6.45, 7) is 0.991. The quantitative estimate of drug-likeness (QED) is 0.874. The Morgan fingerprint density at radius 1 is 1.33 bits per heavy atom. The van der Waals surface area contributed by atoms with Gasteiger partial charge in [-0.05, 0) is 30.5 Å². The largest absolute Gasteiger partial charge is 0.329 e. The van der Waals surface area contributed by atoms with Crippen molar-refractivity contribution in [3.05, 3.63) is 30.1 Å². The van der Waals surface area contributed by atoms with Gasteiger partial charge in [-0.1, -0.05) is 6.42 Å². The predicted molar refractivity (Wildman–Crippen MR) is 70.3 cm³/mol. The Balaban J connectivity index is 2.14. The molecule has 18 heavy (non-hydrogen) atoms. The second-order valence-corrected chi connectivity index (χ2v) is 6.53. The second kappa shape index (κ2) is 5.77. The van der Waals surface area contributed by atoms with Crippen LogP contribution in [0.5, 0.6) is 0 Å². The number of hydrogen-bond donors (Lipinski definition) is 1. The van der Waals surface area contributed by atoms with Crippen LogP contribution in [0.4, 0.5) is 0 Å². The van der Waals surface area contributed by atoms with Gasteiger partial charge in [0, 0.05) is 31.5 Å². The monoisotopic (exact) mass is 269 g/mol. The van der Waals surface area contributed by atoms with E-state index in [-0.39, 0.29) is 11.8 Å². The van der Waals surface area contributed by atoms with Crippen LogP contribution >= 0.6 is 0 Å². The summed E-state index contributed by atoms with van der Waals surface area (Å²) >= 11 is 0. The first-order valence-electron chi connectivity index (χ1n) is 6.22. The molecule has 5 nitrogen and oxygen atoms in total. The normalized spacial score (nSPS) is 21.9. The lowest BCUT2D eigenvalue weighted by Crippen LogP contribution is -2.47. The standard InChI is InChI=1S/C12H19N3O2S/c13-9-12-3-1-2-8-15(12)18(16,17)10-11-4-6-14-7-5-11/h4-7,12H,1-3,8-10,13H2/t12-/m0/s1. The second-order valence-electron chi connectivity index (χ2n) is 4.61. The Bertz CT molecular complexity index is 475. The highest BCUT2D eigenvalue weighted by Crippen LogP contribution is 2.22. The van der Waals surface area contributed by atoms with Gasteiger partial charge in [0.25, 0.3) is 0 Å². The molecule has 1 aromatic heterocycles. The maximum atomic E-state index is 12.4. The summed E-state index contributed by atoms with van der Waals surface area (Å²) < 4.78 is 26.3. The van der Waals surface area contributed by atoms with Gasteiger partial charge in [0.2, 0.25) is 10.0 Å². The molecule has 0 spiro atoms. The van der Waals surface area contributed by atoms with Crippen molar-refractivity contribution in [1.29, 1.82) is 0 Å². The Hall–Kier alpha value is -0.980. The number of rotatable bonds is 4. The van der Waals surface area contributed by atoms with Crippen molar-refractivity contribution in [3.63, 3.8) is 0 Å². The zero-order valence-electron chi connectivity index (χ0n) is 10.3. The van der Waals surface area contributed by atoms with Crippen molar-refractivity contribution in [2.75, 3.05) is 13.1 Å². The van der Waals surface area contributed by atoms with Gasteiger partial charge in [0.15, 0.2) is 0 Å². The van der Waals surface area contributed by atoms with Crippen LogP contribution in [0.2, 0.25) is 0 Å². The van der Waals surface area contributed by atoms with Crippen molar-refractivity contribution in [3.8, 4) is 0 Å². The van der Waals surface area contributed by atoms with Crippen LogP contribution in [-0.4, -0.2) is 36.8 Å². The van der Waals surface area contributed by atoms with Gasteiger partial charge in [0.05, 0.1) is 5.75 Å². The highest BCUT2D eigenvalue weighted by atomic mass is 32.2. The van der Waals surface area contributed by atoms with E-state index < -0.39 is 10.0 Å². The molecule has 0 saturated carbocycles. The van der Waals surface area contributed by atoms with E-state index in [1.54, 1.807) is 28.8 Å². The van der Waals surface area contributed by atoms with Crippen molar-refractivity contribution >= 4 is 10.0 Å². The molecule has 0 aliphatic carbocycles. The van der Waals surface area contributed by atoms with Gasteiger partial charge in [-0.15, -0.1) is 0 Å². The number of hydrogen-bond acceptors (Lipinski definition) is 4. The van der Waals surface area contributed by atoms with E-state index in [1.165, 1.54) is 0 Å². The zero-order chi connectivity index (χ0) is 13.0. The van der Waals surface area contributed by atoms with Crippen LogP contribution in [0.25, 0.3) is 0 Å². The van der Waals surface area contributed by atoms with Crippen LogP contribution in [0, 0.1) is 0 Å². The molecule has 1 aromatic rings. The third-order valence-electron chi connectivity index (χ3n) is 3.30. The molecule has 0 amide bonds. The van der Waals surface area contributed by atoms with Crippen LogP contribution in [0.15, 0.2) is 24.5 Å². The maximum Gasteiger partial charge on any atom is 0.218 e. The number of piperidine rings is 1. The molecule has 100 valence electrons. The average Bonchev–Trinajstić information content (AvgIpc) is 2.39. The Morgan fingerprint density at radius 3 is 2.72 bits per heavy atom. The van der Waals surface area contributed by atoms with Gasteiger partial charge < -0.3 is 5.73 Å². The smallest absolute Gasteiger partial charge is 0.218 e. The average molecular weight is 269 g/mol. The van der Waals surface area contributed by atoms with E-state index in [1.807, 2.05) is 0 Å². The van der Waals surface area contributed by atoms with E-state index in [4.69, 9.17) is 5.73 Å². The third kappa shape index (κ3) is 3.07. The number of sulfonamides is 1. The minimum Gasteiger partial charge on any atom is -0.329 e. The molecule has 0 unspecified atom stereocenters. The van der Waals surface area contributed by atoms with Gasteiger partial charge in [-0.2, -0.15) is 4.31 Å². The molecular weight excluding hydrogens is 250 g/mol. The van der Waals surface area contributed by atoms with Gasteiger partial charge >= 0.3 is 0 Å². The summed E-state index contributed by atoms with van der Waals surface area (Å²) in [7, 11) is -3.27. The van der Waals surface area contributed by atoms with E-state index in [0.29, 0.717) is 13.1 Å². The van der Waals surface area contributed by atoms with Crippen molar-refractivity contribution in [1.82, 2.24) is 9.29 Å². The molecule has 0 bridgehead atoms. The van der Waals surface area contributed by atoms with Gasteiger partial charge in [-0.25, -0.2) is 8.42 Å². The summed E-state index contributed by atoms with van der Waals surface area (Å²) in [5.74, 6) is 0.0337. The molecule has 6 heteroatoms. The fraction of sp³-hybridized carbons (Fsp3) is 0.583. The summed E-state index contributed by atoms with van der Waals surface area (Å²) in [5, 5.41) is 0. The maximum absolute atomic E-state index is 12.4. The molecule has 0 aromatic carbocycles. The number of nitrogens with two attached hydrogens (primary N) is 1. The molecule has 2 heterocycles. The summed E-state index contributed by atoms with van der Waals surface area (Å²) in [4.78, 5) is 3.89. The lowest BCUT2D eigenvalue weighted by Gasteiger charge is -2.33. The molecule has 1 atom stereocenters. The SMILES string of the molecule is NC[C@@H]1CCCCN1S(=O)(=O)Cc1ccncc1. The van der Waals surface area contributed by atoms with E-state index in [9.17, 15) is 8.42 Å². The van der Waals surface area contributed by atoms with Crippen LogP contribution in [0.3, 0.4) is 0 Å². The number of aromatic nitrogens is 1. The number of nitrogens with zero attached hydrogens (tertiary/aromatic N) is 2. The molecule has 1 aliphatic heterocycles. The lowest BCUT2D eigenvalue weighted by atomic mass is 10.1. The Morgan fingerprint density at radius 2 is 2.06 bits per heavy atom. The topological polar surface area (TPSA) is 76.3 Å². The highest BCUT2D eigenvalue weighted by Gasteiger charge is 2.31. The molecule has 0 radical (unpaired) electrons. The third-order valence-corrected chi connectivity index (χ3v) is 5.19. The van der Waals surface area contributed by atoms with Crippen molar-refractivity contribution < 1.29 is 8.42 Å². The Labute approximate surface area is 108 Å². The highest BCUT2D eigenvalue weighted by molar-refractivity contribution is 7.88. The zero-order valence-corrected chi connectivity index (χ0v) is 11.1. The van der Waals surface area contributed by atoms with Gasteiger partial charge in [-0.3, -0.25) is 4.98 Å². The van der Waals surface area contributed by atoms with E-state index >= 15 is 0 Å². The summed E-state index contributed by atoms with van der Waals surface area (Å²) in [6.07, 6.45) is 6.07. The summed E-state index contributed by atoms with van der Waals surface area (Å²) in [6, 6.07) is 3.43. The first-order chi connectivity index (χ1) is 8.63. The molecule has 2 rings (SSSR count).